The standard InChI is InChI=1S/C19H17FN6O/c20-15-6-2-4-8-17(15)26-12-13(21-23-26)11-24-9-10-25-18(19(24)27)14-5-1-3-7-16(14)22-25/h2,4,6,8-10,12H,1,3,5,7,11H2. The Bertz CT molecular complexity index is 1200. The molecule has 0 aliphatic heterocycles. The van der Waals surface area contributed by atoms with Crippen LogP contribution >= 0.6 is 0 Å². The number of aromatic nitrogens is 6. The van der Waals surface area contributed by atoms with Crippen LogP contribution in [0.1, 0.15) is 29.8 Å². The molecule has 0 fully saturated rings. The maximum absolute atomic E-state index is 13.9. The maximum atomic E-state index is 13.9. The van der Waals surface area contributed by atoms with Gasteiger partial charge in [-0.25, -0.2) is 13.6 Å². The van der Waals surface area contributed by atoms with Crippen molar-refractivity contribution < 1.29 is 4.39 Å². The first-order valence-electron chi connectivity index (χ1n) is 8.96. The Morgan fingerprint density at radius 3 is 2.85 bits per heavy atom. The molecule has 0 saturated heterocycles. The summed E-state index contributed by atoms with van der Waals surface area (Å²) in [5.74, 6) is -0.376. The fourth-order valence-corrected chi connectivity index (χ4v) is 3.68. The lowest BCUT2D eigenvalue weighted by Gasteiger charge is -2.08. The first kappa shape index (κ1) is 15.9. The molecule has 4 aromatic rings. The third kappa shape index (κ3) is 2.64. The third-order valence-electron chi connectivity index (χ3n) is 5.01. The zero-order valence-electron chi connectivity index (χ0n) is 14.5. The minimum absolute atomic E-state index is 0.0893. The van der Waals surface area contributed by atoms with Crippen LogP contribution in [0.3, 0.4) is 0 Å². The van der Waals surface area contributed by atoms with E-state index in [-0.39, 0.29) is 17.9 Å². The van der Waals surface area contributed by atoms with Gasteiger partial charge in [0.15, 0.2) is 0 Å². The van der Waals surface area contributed by atoms with Gasteiger partial charge in [-0.1, -0.05) is 17.3 Å². The average Bonchev–Trinajstić information content (AvgIpc) is 3.29. The predicted molar refractivity (Wildman–Crippen MR) is 96.5 cm³/mol. The van der Waals surface area contributed by atoms with E-state index in [1.165, 1.54) is 10.7 Å². The van der Waals surface area contributed by atoms with Crippen molar-refractivity contribution in [2.45, 2.75) is 32.2 Å². The van der Waals surface area contributed by atoms with Gasteiger partial charge in [-0.2, -0.15) is 5.10 Å². The molecule has 0 N–H and O–H groups in total. The van der Waals surface area contributed by atoms with Crippen LogP contribution in [0, 0.1) is 5.82 Å². The van der Waals surface area contributed by atoms with Gasteiger partial charge in [0, 0.05) is 18.0 Å². The molecule has 0 amide bonds. The van der Waals surface area contributed by atoms with E-state index in [1.807, 2.05) is 0 Å². The molecule has 1 aliphatic rings. The largest absolute Gasteiger partial charge is 0.306 e. The van der Waals surface area contributed by atoms with Crippen molar-refractivity contribution in [1.82, 2.24) is 29.2 Å². The molecule has 3 aromatic heterocycles. The minimum atomic E-state index is -0.376. The first-order chi connectivity index (χ1) is 13.2. The van der Waals surface area contributed by atoms with Gasteiger partial charge in [0.05, 0.1) is 18.4 Å². The number of nitrogens with zero attached hydrogens (tertiary/aromatic N) is 6. The van der Waals surface area contributed by atoms with E-state index < -0.39 is 0 Å². The first-order valence-corrected chi connectivity index (χ1v) is 8.96. The molecule has 1 aromatic carbocycles. The number of hydrogen-bond acceptors (Lipinski definition) is 4. The van der Waals surface area contributed by atoms with Crippen molar-refractivity contribution in [1.29, 1.82) is 0 Å². The third-order valence-corrected chi connectivity index (χ3v) is 5.01. The molecule has 5 rings (SSSR count). The highest BCUT2D eigenvalue weighted by atomic mass is 19.1. The van der Waals surface area contributed by atoms with Gasteiger partial charge in [-0.3, -0.25) is 4.79 Å². The monoisotopic (exact) mass is 364 g/mol. The van der Waals surface area contributed by atoms with Gasteiger partial charge in [-0.15, -0.1) is 5.10 Å². The molecule has 0 unspecified atom stereocenters. The van der Waals surface area contributed by atoms with Gasteiger partial charge in [-0.05, 0) is 37.8 Å². The van der Waals surface area contributed by atoms with Gasteiger partial charge in [0.2, 0.25) is 0 Å². The topological polar surface area (TPSA) is 70.0 Å². The summed E-state index contributed by atoms with van der Waals surface area (Å²) in [4.78, 5) is 13.0. The van der Waals surface area contributed by atoms with Crippen LogP contribution in [0.2, 0.25) is 0 Å². The van der Waals surface area contributed by atoms with Crippen LogP contribution in [0.25, 0.3) is 11.2 Å². The van der Waals surface area contributed by atoms with Crippen molar-refractivity contribution in [2.75, 3.05) is 0 Å². The van der Waals surface area contributed by atoms with Gasteiger partial charge >= 0.3 is 0 Å². The second-order valence-electron chi connectivity index (χ2n) is 6.76. The Labute approximate surface area is 153 Å². The van der Waals surface area contributed by atoms with Crippen molar-refractivity contribution in [3.63, 3.8) is 0 Å². The quantitative estimate of drug-likeness (QED) is 0.558. The van der Waals surface area contributed by atoms with Crippen molar-refractivity contribution in [2.24, 2.45) is 0 Å². The van der Waals surface area contributed by atoms with Crippen LogP contribution in [0.4, 0.5) is 4.39 Å². The summed E-state index contributed by atoms with van der Waals surface area (Å²) in [7, 11) is 0. The van der Waals surface area contributed by atoms with Crippen molar-refractivity contribution >= 4 is 5.52 Å². The molecular weight excluding hydrogens is 347 g/mol. The lowest BCUT2D eigenvalue weighted by atomic mass is 9.97. The Kier molecular flexibility index (Phi) is 3.63. The van der Waals surface area contributed by atoms with Crippen LogP contribution < -0.4 is 5.56 Å². The number of fused-ring (bicyclic) bond motifs is 3. The van der Waals surface area contributed by atoms with Crippen LogP contribution in [-0.4, -0.2) is 29.2 Å². The average molecular weight is 364 g/mol. The Morgan fingerprint density at radius 2 is 1.96 bits per heavy atom. The zero-order valence-corrected chi connectivity index (χ0v) is 14.5. The lowest BCUT2D eigenvalue weighted by molar-refractivity contribution is 0.607. The number of hydrogen-bond donors (Lipinski definition) is 0. The Balaban J connectivity index is 1.51. The Hall–Kier alpha value is -3.29. The van der Waals surface area contributed by atoms with E-state index in [4.69, 9.17) is 0 Å². The molecule has 0 radical (unpaired) electrons. The highest BCUT2D eigenvalue weighted by molar-refractivity contribution is 5.55. The molecule has 0 bridgehead atoms. The number of para-hydroxylation sites is 1. The molecular formula is C19H17FN6O. The summed E-state index contributed by atoms with van der Waals surface area (Å²) in [6, 6.07) is 6.36. The number of aryl methyl sites for hydroxylation is 2. The molecule has 1 aliphatic carbocycles. The fourth-order valence-electron chi connectivity index (χ4n) is 3.68. The van der Waals surface area contributed by atoms with E-state index in [0.29, 0.717) is 16.9 Å². The van der Waals surface area contributed by atoms with Gasteiger partial charge in [0.1, 0.15) is 22.7 Å². The Morgan fingerprint density at radius 1 is 1.11 bits per heavy atom. The molecule has 27 heavy (non-hydrogen) atoms. The van der Waals surface area contributed by atoms with E-state index in [9.17, 15) is 9.18 Å². The molecule has 0 atom stereocenters. The van der Waals surface area contributed by atoms with Crippen molar-refractivity contribution in [3.8, 4) is 5.69 Å². The number of halogens is 1. The molecule has 0 saturated carbocycles. The van der Waals surface area contributed by atoms with Crippen LogP contribution in [0.15, 0.2) is 47.7 Å². The highest BCUT2D eigenvalue weighted by Gasteiger charge is 2.19. The smallest absolute Gasteiger partial charge is 0.277 e. The van der Waals surface area contributed by atoms with E-state index in [2.05, 4.69) is 15.4 Å². The second kappa shape index (κ2) is 6.15. The summed E-state index contributed by atoms with van der Waals surface area (Å²) < 4.78 is 18.6. The molecule has 8 heteroatoms. The van der Waals surface area contributed by atoms with E-state index in [0.717, 1.165) is 36.9 Å². The van der Waals surface area contributed by atoms with E-state index >= 15 is 0 Å². The minimum Gasteiger partial charge on any atom is -0.306 e. The molecule has 0 spiro atoms. The highest BCUT2D eigenvalue weighted by Crippen LogP contribution is 2.22. The normalized spacial score (nSPS) is 13.8. The van der Waals surface area contributed by atoms with E-state index in [1.54, 1.807) is 45.9 Å². The second-order valence-corrected chi connectivity index (χ2v) is 6.76. The molecule has 136 valence electrons. The number of rotatable bonds is 3. The van der Waals surface area contributed by atoms with Crippen LogP contribution in [-0.2, 0) is 19.4 Å². The summed E-state index contributed by atoms with van der Waals surface area (Å²) in [5.41, 5.74) is 3.56. The molecule has 7 nitrogen and oxygen atoms in total. The SMILES string of the molecule is O=c1c2c3c(nn2ccn1Cc1cn(-c2ccccc2F)nn1)CCCC3. The number of benzene rings is 1. The summed E-state index contributed by atoms with van der Waals surface area (Å²) in [6.07, 6.45) is 9.16. The van der Waals surface area contributed by atoms with Crippen molar-refractivity contribution in [3.05, 3.63) is 76.0 Å². The fraction of sp³-hybridized carbons (Fsp3) is 0.263. The summed E-state index contributed by atoms with van der Waals surface area (Å²) in [6.45, 7) is 0.268. The predicted octanol–water partition coefficient (Wildman–Crippen LogP) is 2.14. The summed E-state index contributed by atoms with van der Waals surface area (Å²) >= 11 is 0. The lowest BCUT2D eigenvalue weighted by Crippen LogP contribution is -2.23. The van der Waals surface area contributed by atoms with Gasteiger partial charge < -0.3 is 4.57 Å². The van der Waals surface area contributed by atoms with Gasteiger partial charge in [0.25, 0.3) is 5.56 Å². The summed E-state index contributed by atoms with van der Waals surface area (Å²) in [5, 5.41) is 12.6. The molecule has 3 heterocycles. The zero-order chi connectivity index (χ0) is 18.4. The maximum Gasteiger partial charge on any atom is 0.277 e. The van der Waals surface area contributed by atoms with Crippen LogP contribution in [0.5, 0.6) is 0 Å².